The second-order valence-electron chi connectivity index (χ2n) is 5.15. The normalized spacial score (nSPS) is 24.6. The molecular weight excluding hydrogens is 318 g/mol. The molecule has 0 saturated carbocycles. The van der Waals surface area contributed by atoms with Gasteiger partial charge in [-0.15, -0.1) is 11.3 Å². The van der Waals surface area contributed by atoms with Crippen molar-refractivity contribution in [2.45, 2.75) is 30.8 Å². The first kappa shape index (κ1) is 15.9. The van der Waals surface area contributed by atoms with Crippen LogP contribution >= 0.6 is 11.3 Å². The molecule has 0 aliphatic carbocycles. The van der Waals surface area contributed by atoms with Crippen LogP contribution in [0.1, 0.15) is 30.4 Å². The lowest BCUT2D eigenvalue weighted by Gasteiger charge is -2.21. The molecule has 2 heterocycles. The lowest BCUT2D eigenvalue weighted by atomic mass is 10.2. The van der Waals surface area contributed by atoms with E-state index in [9.17, 15) is 16.8 Å². The van der Waals surface area contributed by atoms with Gasteiger partial charge in [-0.3, -0.25) is 0 Å². The second kappa shape index (κ2) is 5.75. The van der Waals surface area contributed by atoms with Crippen LogP contribution in [0.15, 0.2) is 17.5 Å². The number of thiophene rings is 1. The maximum absolute atomic E-state index is 12.3. The fourth-order valence-electron chi connectivity index (χ4n) is 2.27. The van der Waals surface area contributed by atoms with Gasteiger partial charge in [0.1, 0.15) is 0 Å². The van der Waals surface area contributed by atoms with Crippen molar-refractivity contribution in [2.75, 3.05) is 18.8 Å². The monoisotopic (exact) mass is 337 g/mol. The van der Waals surface area contributed by atoms with Crippen LogP contribution in [0.25, 0.3) is 0 Å². The Hall–Kier alpha value is -0.440. The third kappa shape index (κ3) is 3.08. The quantitative estimate of drug-likeness (QED) is 0.841. The topological polar surface area (TPSA) is 71.5 Å². The average molecular weight is 337 g/mol. The van der Waals surface area contributed by atoms with Crippen molar-refractivity contribution in [2.24, 2.45) is 0 Å². The predicted octanol–water partition coefficient (Wildman–Crippen LogP) is 1.65. The van der Waals surface area contributed by atoms with E-state index in [1.807, 2.05) is 11.4 Å². The largest absolute Gasteiger partial charge is 0.228 e. The highest BCUT2D eigenvalue weighted by Gasteiger charge is 2.36. The van der Waals surface area contributed by atoms with Crippen molar-refractivity contribution in [3.8, 4) is 0 Å². The lowest BCUT2D eigenvalue weighted by molar-refractivity contribution is 0.423. The summed E-state index contributed by atoms with van der Waals surface area (Å²) in [5, 5.41) is 0.747. The van der Waals surface area contributed by atoms with Gasteiger partial charge in [0.25, 0.3) is 0 Å². The van der Waals surface area contributed by atoms with Crippen LogP contribution in [0.2, 0.25) is 0 Å². The summed E-state index contributed by atoms with van der Waals surface area (Å²) < 4.78 is 50.3. The molecule has 1 aliphatic rings. The number of hydrogen-bond donors (Lipinski definition) is 0. The summed E-state index contributed by atoms with van der Waals surface area (Å²) in [4.78, 5) is 0.800. The van der Waals surface area contributed by atoms with Crippen LogP contribution < -0.4 is 0 Å². The molecule has 1 aliphatic heterocycles. The highest BCUT2D eigenvalue weighted by molar-refractivity contribution is 7.92. The zero-order valence-electron chi connectivity index (χ0n) is 11.5. The maximum Gasteiger partial charge on any atom is 0.216 e. The first-order valence-corrected chi connectivity index (χ1v) is 10.6. The van der Waals surface area contributed by atoms with Gasteiger partial charge in [0, 0.05) is 18.0 Å². The Morgan fingerprint density at radius 2 is 2.05 bits per heavy atom. The van der Waals surface area contributed by atoms with Gasteiger partial charge in [-0.2, -0.15) is 0 Å². The SMILES string of the molecule is CC(C)S(=O)(=O)N1CC[C@H](c2cccs2)S(=O)(=O)CC1. The van der Waals surface area contributed by atoms with E-state index in [1.54, 1.807) is 19.9 Å². The second-order valence-corrected chi connectivity index (χ2v) is 10.9. The molecule has 1 aromatic rings. The molecule has 20 heavy (non-hydrogen) atoms. The van der Waals surface area contributed by atoms with Gasteiger partial charge in [-0.25, -0.2) is 21.1 Å². The molecule has 0 unspecified atom stereocenters. The Labute approximate surface area is 124 Å². The van der Waals surface area contributed by atoms with Gasteiger partial charge >= 0.3 is 0 Å². The van der Waals surface area contributed by atoms with Gasteiger partial charge in [-0.1, -0.05) is 6.07 Å². The molecule has 114 valence electrons. The molecule has 5 nitrogen and oxygen atoms in total. The summed E-state index contributed by atoms with van der Waals surface area (Å²) >= 11 is 1.41. The van der Waals surface area contributed by atoms with E-state index in [-0.39, 0.29) is 18.8 Å². The molecule has 0 aromatic carbocycles. The van der Waals surface area contributed by atoms with Gasteiger partial charge in [0.05, 0.1) is 16.3 Å². The Morgan fingerprint density at radius 3 is 2.60 bits per heavy atom. The summed E-state index contributed by atoms with van der Waals surface area (Å²) in [5.74, 6) is -0.110. The Kier molecular flexibility index (Phi) is 4.58. The minimum absolute atomic E-state index is 0.0602. The molecule has 1 atom stereocenters. The van der Waals surface area contributed by atoms with Gasteiger partial charge < -0.3 is 0 Å². The molecule has 8 heteroatoms. The minimum Gasteiger partial charge on any atom is -0.228 e. The van der Waals surface area contributed by atoms with E-state index < -0.39 is 30.4 Å². The van der Waals surface area contributed by atoms with Crippen molar-refractivity contribution in [1.29, 1.82) is 0 Å². The smallest absolute Gasteiger partial charge is 0.216 e. The zero-order chi connectivity index (χ0) is 15.0. The van der Waals surface area contributed by atoms with E-state index >= 15 is 0 Å². The van der Waals surface area contributed by atoms with Crippen molar-refractivity contribution in [3.63, 3.8) is 0 Å². The predicted molar refractivity (Wildman–Crippen MR) is 81.1 cm³/mol. The molecule has 2 rings (SSSR count). The van der Waals surface area contributed by atoms with Crippen LogP contribution in [0.5, 0.6) is 0 Å². The number of rotatable bonds is 3. The van der Waals surface area contributed by atoms with E-state index in [4.69, 9.17) is 0 Å². The lowest BCUT2D eigenvalue weighted by Crippen LogP contribution is -2.38. The van der Waals surface area contributed by atoms with Gasteiger partial charge in [0.15, 0.2) is 9.84 Å². The fraction of sp³-hybridized carbons (Fsp3) is 0.667. The number of hydrogen-bond acceptors (Lipinski definition) is 5. The molecule has 1 fully saturated rings. The number of sulfone groups is 1. The van der Waals surface area contributed by atoms with Crippen molar-refractivity contribution >= 4 is 31.2 Å². The van der Waals surface area contributed by atoms with Crippen LogP contribution in [0, 0.1) is 0 Å². The molecule has 0 amide bonds. The maximum atomic E-state index is 12.3. The van der Waals surface area contributed by atoms with E-state index in [0.29, 0.717) is 6.42 Å². The Bertz CT molecular complexity index is 647. The van der Waals surface area contributed by atoms with Crippen molar-refractivity contribution in [1.82, 2.24) is 4.31 Å². The standard InChI is InChI=1S/C12H19NO4S3/c1-10(2)20(16,17)13-6-5-12(11-4-3-8-18-11)19(14,15)9-7-13/h3-4,8,10,12H,5-7,9H2,1-2H3/t12-/m1/s1. The molecular formula is C12H19NO4S3. The molecule has 0 N–H and O–H groups in total. The molecule has 0 bridgehead atoms. The summed E-state index contributed by atoms with van der Waals surface area (Å²) in [6, 6.07) is 3.63. The number of nitrogens with zero attached hydrogens (tertiary/aromatic N) is 1. The summed E-state index contributed by atoms with van der Waals surface area (Å²) in [5.41, 5.74) is 0. The van der Waals surface area contributed by atoms with Crippen LogP contribution in [0.4, 0.5) is 0 Å². The summed E-state index contributed by atoms with van der Waals surface area (Å²) in [6.45, 7) is 3.56. The average Bonchev–Trinajstić information content (AvgIpc) is 2.80. The zero-order valence-corrected chi connectivity index (χ0v) is 14.0. The van der Waals surface area contributed by atoms with Crippen molar-refractivity contribution < 1.29 is 16.8 Å². The van der Waals surface area contributed by atoms with Gasteiger partial charge in [-0.05, 0) is 31.7 Å². The van der Waals surface area contributed by atoms with Crippen LogP contribution in [-0.4, -0.2) is 45.2 Å². The summed E-state index contributed by atoms with van der Waals surface area (Å²) in [7, 11) is -6.69. The highest BCUT2D eigenvalue weighted by Crippen LogP contribution is 2.33. The van der Waals surface area contributed by atoms with E-state index in [0.717, 1.165) is 4.88 Å². The third-order valence-electron chi connectivity index (χ3n) is 3.52. The summed E-state index contributed by atoms with van der Waals surface area (Å²) in [6.07, 6.45) is 0.328. The molecule has 0 radical (unpaired) electrons. The van der Waals surface area contributed by atoms with Gasteiger partial charge in [0.2, 0.25) is 10.0 Å². The van der Waals surface area contributed by atoms with E-state index in [2.05, 4.69) is 0 Å². The van der Waals surface area contributed by atoms with E-state index in [1.165, 1.54) is 15.6 Å². The van der Waals surface area contributed by atoms with Crippen LogP contribution in [-0.2, 0) is 19.9 Å². The highest BCUT2D eigenvalue weighted by atomic mass is 32.2. The molecule has 1 saturated heterocycles. The minimum atomic E-state index is -3.39. The Morgan fingerprint density at radius 1 is 1.35 bits per heavy atom. The third-order valence-corrected chi connectivity index (χ3v) is 9.04. The van der Waals surface area contributed by atoms with Crippen molar-refractivity contribution in [3.05, 3.63) is 22.4 Å². The molecule has 1 aromatic heterocycles. The Balaban J connectivity index is 2.27. The first-order valence-electron chi connectivity index (χ1n) is 6.49. The fourth-order valence-corrected chi connectivity index (χ4v) is 6.69. The first-order chi connectivity index (χ1) is 9.25. The molecule has 0 spiro atoms. The van der Waals surface area contributed by atoms with Crippen LogP contribution in [0.3, 0.4) is 0 Å². The number of sulfonamides is 1.